The molecule has 1 aromatic rings. The highest BCUT2D eigenvalue weighted by Gasteiger charge is 2.26. The van der Waals surface area contributed by atoms with Gasteiger partial charge >= 0.3 is 6.03 Å². The summed E-state index contributed by atoms with van der Waals surface area (Å²) in [6.07, 6.45) is 2.15. The Hall–Kier alpha value is -2.19. The molecule has 4 N–H and O–H groups in total. The Labute approximate surface area is 140 Å². The van der Waals surface area contributed by atoms with Gasteiger partial charge in [0.1, 0.15) is 6.10 Å². The predicted molar refractivity (Wildman–Crippen MR) is 87.4 cm³/mol. The van der Waals surface area contributed by atoms with Crippen LogP contribution < -0.4 is 10.6 Å². The van der Waals surface area contributed by atoms with Gasteiger partial charge in [-0.25, -0.2) is 4.79 Å². The van der Waals surface area contributed by atoms with Gasteiger partial charge < -0.3 is 20.8 Å². The van der Waals surface area contributed by atoms with E-state index in [1.165, 1.54) is 37.1 Å². The molecule has 0 spiro atoms. The lowest BCUT2D eigenvalue weighted by Gasteiger charge is -2.24. The Morgan fingerprint density at radius 3 is 2.46 bits per heavy atom. The van der Waals surface area contributed by atoms with Crippen LogP contribution in [-0.2, 0) is 0 Å². The number of non-ortho nitro benzene ring substituents is 1. The molecule has 8 heteroatoms. The van der Waals surface area contributed by atoms with Crippen LogP contribution in [0.5, 0.6) is 0 Å². The summed E-state index contributed by atoms with van der Waals surface area (Å²) in [5.41, 5.74) is 0.289. The zero-order chi connectivity index (χ0) is 17.7. The van der Waals surface area contributed by atoms with Gasteiger partial charge in [-0.1, -0.05) is 12.8 Å². The number of hydrogen-bond donors (Lipinski definition) is 4. The first-order valence-corrected chi connectivity index (χ1v) is 8.01. The molecule has 132 valence electrons. The molecule has 0 aliphatic heterocycles. The summed E-state index contributed by atoms with van der Waals surface area (Å²) in [6.45, 7) is 1.46. The maximum atomic E-state index is 12.0. The second kappa shape index (κ2) is 8.07. The lowest BCUT2D eigenvalue weighted by molar-refractivity contribution is -0.384. The number of carbonyl (C=O) groups is 1. The number of aliphatic hydroxyl groups excluding tert-OH is 2. The van der Waals surface area contributed by atoms with Crippen molar-refractivity contribution in [2.75, 3.05) is 6.61 Å². The summed E-state index contributed by atoms with van der Waals surface area (Å²) in [4.78, 5) is 22.1. The fourth-order valence-corrected chi connectivity index (χ4v) is 2.60. The summed E-state index contributed by atoms with van der Waals surface area (Å²) in [5.74, 6) is 0.680. The van der Waals surface area contributed by atoms with E-state index in [0.717, 1.165) is 6.42 Å². The first kappa shape index (κ1) is 18.2. The van der Waals surface area contributed by atoms with Gasteiger partial charge in [0.2, 0.25) is 0 Å². The van der Waals surface area contributed by atoms with E-state index < -0.39 is 29.7 Å². The van der Waals surface area contributed by atoms with Crippen molar-refractivity contribution in [1.82, 2.24) is 10.6 Å². The zero-order valence-electron chi connectivity index (χ0n) is 13.5. The van der Waals surface area contributed by atoms with Gasteiger partial charge in [-0.3, -0.25) is 10.1 Å². The highest BCUT2D eigenvalue weighted by atomic mass is 16.6. The minimum atomic E-state index is -1.17. The molecule has 0 heterocycles. The van der Waals surface area contributed by atoms with Crippen molar-refractivity contribution in [3.63, 3.8) is 0 Å². The summed E-state index contributed by atoms with van der Waals surface area (Å²) in [6, 6.07) is 4.01. The molecule has 24 heavy (non-hydrogen) atoms. The molecule has 1 aliphatic carbocycles. The zero-order valence-corrected chi connectivity index (χ0v) is 13.5. The number of nitro groups is 1. The number of benzene rings is 1. The first-order chi connectivity index (χ1) is 11.4. The van der Waals surface area contributed by atoms with Gasteiger partial charge in [-0.2, -0.15) is 0 Å². The summed E-state index contributed by atoms with van der Waals surface area (Å²) < 4.78 is 0. The first-order valence-electron chi connectivity index (χ1n) is 8.01. The number of hydrogen-bond acceptors (Lipinski definition) is 5. The molecule has 3 atom stereocenters. The van der Waals surface area contributed by atoms with Crippen molar-refractivity contribution in [2.24, 2.45) is 5.92 Å². The molecule has 0 saturated heterocycles. The number of rotatable bonds is 8. The van der Waals surface area contributed by atoms with E-state index >= 15 is 0 Å². The molecule has 1 aliphatic rings. The van der Waals surface area contributed by atoms with Crippen molar-refractivity contribution in [2.45, 2.75) is 44.4 Å². The molecule has 0 unspecified atom stereocenters. The van der Waals surface area contributed by atoms with Crippen molar-refractivity contribution in [1.29, 1.82) is 0 Å². The molecular weight excluding hydrogens is 314 g/mol. The Kier molecular flexibility index (Phi) is 6.10. The third kappa shape index (κ3) is 5.17. The van der Waals surface area contributed by atoms with E-state index in [1.807, 2.05) is 6.92 Å². The SMILES string of the molecule is C[C@H](CC1CC1)NC(=O)N[C@H](CO)[C@@H](O)c1ccc([N+](=O)[O-])cc1. The van der Waals surface area contributed by atoms with E-state index in [4.69, 9.17) is 0 Å². The third-order valence-corrected chi connectivity index (χ3v) is 4.10. The standard InChI is InChI=1S/C16H23N3O5/c1-10(8-11-2-3-11)17-16(22)18-14(9-20)15(21)12-4-6-13(7-5-12)19(23)24/h4-7,10-11,14-15,20-21H,2-3,8-9H2,1H3,(H2,17,18,22)/t10-,14-,15+/m1/s1. The van der Waals surface area contributed by atoms with Crippen molar-refractivity contribution in [3.05, 3.63) is 39.9 Å². The van der Waals surface area contributed by atoms with E-state index in [9.17, 15) is 25.1 Å². The number of nitro benzene ring substituents is 1. The third-order valence-electron chi connectivity index (χ3n) is 4.10. The van der Waals surface area contributed by atoms with Crippen LogP contribution in [0.1, 0.15) is 37.9 Å². The van der Waals surface area contributed by atoms with E-state index in [2.05, 4.69) is 10.6 Å². The molecule has 0 bridgehead atoms. The van der Waals surface area contributed by atoms with Crippen LogP contribution in [0.4, 0.5) is 10.5 Å². The highest BCUT2D eigenvalue weighted by molar-refractivity contribution is 5.74. The fourth-order valence-electron chi connectivity index (χ4n) is 2.60. The summed E-state index contributed by atoms with van der Waals surface area (Å²) >= 11 is 0. The molecule has 2 amide bonds. The lowest BCUT2D eigenvalue weighted by atomic mass is 10.0. The van der Waals surface area contributed by atoms with Gasteiger partial charge in [0.25, 0.3) is 5.69 Å². The van der Waals surface area contributed by atoms with Gasteiger partial charge in [0.05, 0.1) is 17.6 Å². The van der Waals surface area contributed by atoms with Crippen LogP contribution in [0.15, 0.2) is 24.3 Å². The van der Waals surface area contributed by atoms with Crippen LogP contribution in [0, 0.1) is 16.0 Å². The van der Waals surface area contributed by atoms with Gasteiger partial charge in [-0.05, 0) is 37.0 Å². The van der Waals surface area contributed by atoms with Crippen LogP contribution in [-0.4, -0.2) is 39.9 Å². The van der Waals surface area contributed by atoms with Crippen LogP contribution >= 0.6 is 0 Å². The van der Waals surface area contributed by atoms with Crippen molar-refractivity contribution >= 4 is 11.7 Å². The smallest absolute Gasteiger partial charge is 0.315 e. The van der Waals surface area contributed by atoms with E-state index in [0.29, 0.717) is 11.5 Å². The topological polar surface area (TPSA) is 125 Å². The monoisotopic (exact) mass is 337 g/mol. The number of amides is 2. The van der Waals surface area contributed by atoms with Crippen molar-refractivity contribution < 1.29 is 19.9 Å². The maximum absolute atomic E-state index is 12.0. The maximum Gasteiger partial charge on any atom is 0.315 e. The molecule has 0 radical (unpaired) electrons. The van der Waals surface area contributed by atoms with Gasteiger partial charge in [0, 0.05) is 18.2 Å². The van der Waals surface area contributed by atoms with E-state index in [1.54, 1.807) is 0 Å². The van der Waals surface area contributed by atoms with Crippen LogP contribution in [0.2, 0.25) is 0 Å². The Balaban J connectivity index is 1.90. The van der Waals surface area contributed by atoms with Crippen LogP contribution in [0.3, 0.4) is 0 Å². The molecule has 1 saturated carbocycles. The number of urea groups is 1. The minimum Gasteiger partial charge on any atom is -0.394 e. The Morgan fingerprint density at radius 1 is 1.33 bits per heavy atom. The molecule has 0 aromatic heterocycles. The predicted octanol–water partition coefficient (Wildman–Crippen LogP) is 1.48. The largest absolute Gasteiger partial charge is 0.394 e. The lowest BCUT2D eigenvalue weighted by Crippen LogP contribution is -2.49. The summed E-state index contributed by atoms with van der Waals surface area (Å²) in [5, 5.41) is 35.7. The van der Waals surface area contributed by atoms with Crippen molar-refractivity contribution in [3.8, 4) is 0 Å². The van der Waals surface area contributed by atoms with Crippen LogP contribution in [0.25, 0.3) is 0 Å². The number of nitrogens with zero attached hydrogens (tertiary/aromatic N) is 1. The minimum absolute atomic E-state index is 0.0216. The van der Waals surface area contributed by atoms with E-state index in [-0.39, 0.29) is 11.7 Å². The molecule has 1 aromatic carbocycles. The molecule has 8 nitrogen and oxygen atoms in total. The second-order valence-electron chi connectivity index (χ2n) is 6.28. The average molecular weight is 337 g/mol. The normalized spacial score (nSPS) is 17.6. The fraction of sp³-hybridized carbons (Fsp3) is 0.562. The van der Waals surface area contributed by atoms with Gasteiger partial charge in [0.15, 0.2) is 0 Å². The quantitative estimate of drug-likeness (QED) is 0.422. The Morgan fingerprint density at radius 2 is 1.96 bits per heavy atom. The number of carbonyl (C=O) groups excluding carboxylic acids is 1. The number of nitrogens with one attached hydrogen (secondary N) is 2. The average Bonchev–Trinajstić information content (AvgIpc) is 3.35. The number of aliphatic hydroxyl groups is 2. The molecular formula is C16H23N3O5. The molecule has 2 rings (SSSR count). The Bertz CT molecular complexity index is 574. The molecule has 1 fully saturated rings. The second-order valence-corrected chi connectivity index (χ2v) is 6.28. The van der Waals surface area contributed by atoms with Gasteiger partial charge in [-0.15, -0.1) is 0 Å². The highest BCUT2D eigenvalue weighted by Crippen LogP contribution is 2.33. The summed E-state index contributed by atoms with van der Waals surface area (Å²) in [7, 11) is 0.